The maximum Gasteiger partial charge on any atom is 0.259 e. The first-order valence-corrected chi connectivity index (χ1v) is 4.24. The Hall–Kier alpha value is -1.97. The SMILES string of the molecule is Cc1cccn(-c2ccncn2)c1=O. The van der Waals surface area contributed by atoms with Crippen molar-refractivity contribution in [1.82, 2.24) is 14.5 Å². The zero-order valence-electron chi connectivity index (χ0n) is 7.71. The molecule has 0 atom stereocenters. The van der Waals surface area contributed by atoms with Gasteiger partial charge in [0.1, 0.15) is 12.1 Å². The van der Waals surface area contributed by atoms with Gasteiger partial charge in [-0.05, 0) is 19.1 Å². The van der Waals surface area contributed by atoms with Gasteiger partial charge in [-0.2, -0.15) is 0 Å². The Kier molecular flexibility index (Phi) is 2.10. The first kappa shape index (κ1) is 8.62. The Labute approximate surface area is 80.9 Å². The smallest absolute Gasteiger partial charge is 0.259 e. The average Bonchev–Trinajstić information content (AvgIpc) is 2.23. The lowest BCUT2D eigenvalue weighted by atomic mass is 10.3. The Morgan fingerprint density at radius 2 is 2.21 bits per heavy atom. The van der Waals surface area contributed by atoms with Crippen LogP contribution in [0.2, 0.25) is 0 Å². The fraction of sp³-hybridized carbons (Fsp3) is 0.100. The highest BCUT2D eigenvalue weighted by Gasteiger charge is 2.00. The Bertz CT molecular complexity index is 490. The number of hydrogen-bond acceptors (Lipinski definition) is 3. The van der Waals surface area contributed by atoms with Crippen LogP contribution < -0.4 is 5.56 Å². The molecule has 0 radical (unpaired) electrons. The second kappa shape index (κ2) is 3.41. The largest absolute Gasteiger partial charge is 0.269 e. The summed E-state index contributed by atoms with van der Waals surface area (Å²) in [5, 5.41) is 0. The van der Waals surface area contributed by atoms with E-state index in [-0.39, 0.29) is 5.56 Å². The lowest BCUT2D eigenvalue weighted by Gasteiger charge is -2.03. The van der Waals surface area contributed by atoms with Gasteiger partial charge >= 0.3 is 0 Å². The standard InChI is InChI=1S/C10H9N3O/c1-8-3-2-6-13(10(8)14)9-4-5-11-7-12-9/h2-7H,1H3. The molecule has 0 aliphatic carbocycles. The molecule has 4 heteroatoms. The van der Waals surface area contributed by atoms with Gasteiger partial charge in [0.15, 0.2) is 0 Å². The van der Waals surface area contributed by atoms with Gasteiger partial charge in [-0.15, -0.1) is 0 Å². The van der Waals surface area contributed by atoms with Gasteiger partial charge in [0.05, 0.1) is 0 Å². The fourth-order valence-corrected chi connectivity index (χ4v) is 1.21. The van der Waals surface area contributed by atoms with E-state index in [2.05, 4.69) is 9.97 Å². The third kappa shape index (κ3) is 1.42. The number of rotatable bonds is 1. The van der Waals surface area contributed by atoms with Crippen LogP contribution in [0.25, 0.3) is 5.82 Å². The molecule has 0 aliphatic rings. The van der Waals surface area contributed by atoms with E-state index in [0.29, 0.717) is 11.4 Å². The van der Waals surface area contributed by atoms with Crippen LogP contribution in [-0.4, -0.2) is 14.5 Å². The van der Waals surface area contributed by atoms with E-state index in [1.807, 2.05) is 6.07 Å². The molecular formula is C10H9N3O. The number of aryl methyl sites for hydroxylation is 1. The lowest BCUT2D eigenvalue weighted by molar-refractivity contribution is 0.913. The number of nitrogens with zero attached hydrogens (tertiary/aromatic N) is 3. The van der Waals surface area contributed by atoms with Crippen molar-refractivity contribution in [3.05, 3.63) is 52.8 Å². The minimum atomic E-state index is -0.0498. The third-order valence-electron chi connectivity index (χ3n) is 1.95. The van der Waals surface area contributed by atoms with Gasteiger partial charge < -0.3 is 0 Å². The topological polar surface area (TPSA) is 47.8 Å². The molecule has 2 aromatic heterocycles. The van der Waals surface area contributed by atoms with Crippen LogP contribution in [0.1, 0.15) is 5.56 Å². The van der Waals surface area contributed by atoms with Crippen LogP contribution in [0.4, 0.5) is 0 Å². The molecule has 4 nitrogen and oxygen atoms in total. The minimum Gasteiger partial charge on any atom is -0.269 e. The first-order chi connectivity index (χ1) is 6.79. The van der Waals surface area contributed by atoms with Gasteiger partial charge in [-0.25, -0.2) is 9.97 Å². The normalized spacial score (nSPS) is 10.1. The van der Waals surface area contributed by atoms with Crippen LogP contribution in [0.15, 0.2) is 41.7 Å². The second-order valence-electron chi connectivity index (χ2n) is 2.93. The molecule has 2 rings (SSSR count). The van der Waals surface area contributed by atoms with Gasteiger partial charge in [0, 0.05) is 18.0 Å². The molecule has 0 N–H and O–H groups in total. The van der Waals surface area contributed by atoms with Gasteiger partial charge in [0.2, 0.25) is 0 Å². The highest BCUT2D eigenvalue weighted by molar-refractivity contribution is 5.22. The Morgan fingerprint density at radius 1 is 1.36 bits per heavy atom. The zero-order chi connectivity index (χ0) is 9.97. The van der Waals surface area contributed by atoms with E-state index in [4.69, 9.17) is 0 Å². The average molecular weight is 187 g/mol. The van der Waals surface area contributed by atoms with Gasteiger partial charge in [-0.3, -0.25) is 9.36 Å². The van der Waals surface area contributed by atoms with Gasteiger partial charge in [0.25, 0.3) is 5.56 Å². The molecular weight excluding hydrogens is 178 g/mol. The summed E-state index contributed by atoms with van der Waals surface area (Å²) in [4.78, 5) is 19.5. The van der Waals surface area contributed by atoms with E-state index in [9.17, 15) is 4.79 Å². The molecule has 0 amide bonds. The lowest BCUT2D eigenvalue weighted by Crippen LogP contribution is -2.20. The Morgan fingerprint density at radius 3 is 2.93 bits per heavy atom. The molecule has 0 aliphatic heterocycles. The first-order valence-electron chi connectivity index (χ1n) is 4.24. The van der Waals surface area contributed by atoms with Crippen molar-refractivity contribution in [3.8, 4) is 5.82 Å². The molecule has 0 bridgehead atoms. The summed E-state index contributed by atoms with van der Waals surface area (Å²) in [5.41, 5.74) is 0.650. The Balaban J connectivity index is 2.64. The van der Waals surface area contributed by atoms with Crippen molar-refractivity contribution >= 4 is 0 Å². The molecule has 0 saturated carbocycles. The van der Waals surface area contributed by atoms with Crippen molar-refractivity contribution in [2.45, 2.75) is 6.92 Å². The van der Waals surface area contributed by atoms with Crippen molar-refractivity contribution in [2.75, 3.05) is 0 Å². The summed E-state index contributed by atoms with van der Waals surface area (Å²) < 4.78 is 1.50. The van der Waals surface area contributed by atoms with Crippen molar-refractivity contribution in [1.29, 1.82) is 0 Å². The summed E-state index contributed by atoms with van der Waals surface area (Å²) in [6, 6.07) is 5.29. The van der Waals surface area contributed by atoms with Crippen LogP contribution in [0.5, 0.6) is 0 Å². The highest BCUT2D eigenvalue weighted by Crippen LogP contribution is 1.98. The molecule has 2 aromatic rings. The molecule has 2 heterocycles. The maximum atomic E-state index is 11.7. The van der Waals surface area contributed by atoms with Crippen LogP contribution >= 0.6 is 0 Å². The van der Waals surface area contributed by atoms with E-state index < -0.39 is 0 Å². The molecule has 0 fully saturated rings. The van der Waals surface area contributed by atoms with Gasteiger partial charge in [-0.1, -0.05) is 6.07 Å². The number of pyridine rings is 1. The monoisotopic (exact) mass is 187 g/mol. The van der Waals surface area contributed by atoms with E-state index in [0.717, 1.165) is 0 Å². The number of aromatic nitrogens is 3. The van der Waals surface area contributed by atoms with Crippen LogP contribution in [0, 0.1) is 6.92 Å². The fourth-order valence-electron chi connectivity index (χ4n) is 1.21. The predicted molar refractivity (Wildman–Crippen MR) is 52.4 cm³/mol. The van der Waals surface area contributed by atoms with E-state index in [1.165, 1.54) is 10.9 Å². The summed E-state index contributed by atoms with van der Waals surface area (Å²) in [7, 11) is 0. The molecule has 0 spiro atoms. The second-order valence-corrected chi connectivity index (χ2v) is 2.93. The van der Waals surface area contributed by atoms with Crippen molar-refractivity contribution in [2.24, 2.45) is 0 Å². The minimum absolute atomic E-state index is 0.0498. The zero-order valence-corrected chi connectivity index (χ0v) is 7.71. The van der Waals surface area contributed by atoms with Crippen molar-refractivity contribution < 1.29 is 0 Å². The molecule has 0 unspecified atom stereocenters. The molecule has 14 heavy (non-hydrogen) atoms. The quantitative estimate of drug-likeness (QED) is 0.667. The summed E-state index contributed by atoms with van der Waals surface area (Å²) >= 11 is 0. The predicted octanol–water partition coefficient (Wildman–Crippen LogP) is 0.936. The summed E-state index contributed by atoms with van der Waals surface area (Å²) in [6.45, 7) is 1.78. The molecule has 0 saturated heterocycles. The maximum absolute atomic E-state index is 11.7. The van der Waals surface area contributed by atoms with E-state index in [1.54, 1.807) is 31.5 Å². The number of hydrogen-bond donors (Lipinski definition) is 0. The summed E-state index contributed by atoms with van der Waals surface area (Å²) in [6.07, 6.45) is 4.72. The van der Waals surface area contributed by atoms with Crippen molar-refractivity contribution in [3.63, 3.8) is 0 Å². The molecule has 0 aromatic carbocycles. The van der Waals surface area contributed by atoms with E-state index >= 15 is 0 Å². The third-order valence-corrected chi connectivity index (χ3v) is 1.95. The highest BCUT2D eigenvalue weighted by atomic mass is 16.1. The summed E-state index contributed by atoms with van der Waals surface area (Å²) in [5.74, 6) is 0.591. The van der Waals surface area contributed by atoms with Crippen LogP contribution in [0.3, 0.4) is 0 Å². The molecule has 70 valence electrons. The van der Waals surface area contributed by atoms with Crippen LogP contribution in [-0.2, 0) is 0 Å².